The molecule has 11 heteroatoms. The van der Waals surface area contributed by atoms with Crippen molar-refractivity contribution < 1.29 is 22.7 Å². The maximum atomic E-state index is 13.2. The normalized spacial score (nSPS) is 11.4. The summed E-state index contributed by atoms with van der Waals surface area (Å²) in [4.78, 5) is 22.6. The van der Waals surface area contributed by atoms with Crippen LogP contribution in [0.5, 0.6) is 5.75 Å². The van der Waals surface area contributed by atoms with E-state index in [-0.39, 0.29) is 24.6 Å². The lowest BCUT2D eigenvalue weighted by atomic mass is 10.1. The summed E-state index contributed by atoms with van der Waals surface area (Å²) in [6.45, 7) is 1.83. The average Bonchev–Trinajstić information content (AvgIpc) is 2.87. The topological polar surface area (TPSA) is 105 Å². The van der Waals surface area contributed by atoms with Crippen molar-refractivity contribution in [1.29, 1.82) is 0 Å². The highest BCUT2D eigenvalue weighted by Gasteiger charge is 2.31. The number of ether oxygens (including phenoxy) is 1. The molecule has 0 aliphatic heterocycles. The quantitative estimate of drug-likeness (QED) is 0.253. The lowest BCUT2D eigenvalue weighted by Crippen LogP contribution is -2.23. The number of nitrogens with two attached hydrogens (primary N) is 1. The third kappa shape index (κ3) is 6.67. The Balaban J connectivity index is 1.59. The first-order valence-electron chi connectivity index (χ1n) is 12.1. The van der Waals surface area contributed by atoms with Crippen molar-refractivity contribution in [2.24, 2.45) is 0 Å². The predicted molar refractivity (Wildman–Crippen MR) is 146 cm³/mol. The van der Waals surface area contributed by atoms with Gasteiger partial charge in [0.15, 0.2) is 0 Å². The van der Waals surface area contributed by atoms with Crippen LogP contribution in [-0.2, 0) is 23.9 Å². The van der Waals surface area contributed by atoms with Gasteiger partial charge in [-0.1, -0.05) is 6.07 Å². The number of hydrogen-bond acceptors (Lipinski definition) is 7. The summed E-state index contributed by atoms with van der Waals surface area (Å²) in [5.41, 5.74) is 8.24. The zero-order chi connectivity index (χ0) is 28.3. The first-order chi connectivity index (χ1) is 18.4. The number of methoxy groups -OCH3 is 1. The number of nitrogen functional groups attached to an aromatic ring is 1. The Morgan fingerprint density at radius 2 is 1.74 bits per heavy atom. The third-order valence-electron chi connectivity index (χ3n) is 6.03. The molecule has 0 saturated heterocycles. The minimum absolute atomic E-state index is 0.0318. The molecule has 0 saturated carbocycles. The number of benzene rings is 3. The van der Waals surface area contributed by atoms with Crippen molar-refractivity contribution in [2.75, 3.05) is 37.6 Å². The van der Waals surface area contributed by atoms with Crippen LogP contribution in [0.3, 0.4) is 0 Å². The van der Waals surface area contributed by atoms with E-state index in [0.29, 0.717) is 33.9 Å². The Morgan fingerprint density at radius 3 is 2.44 bits per heavy atom. The van der Waals surface area contributed by atoms with Crippen LogP contribution in [-0.4, -0.2) is 42.0 Å². The van der Waals surface area contributed by atoms with Crippen molar-refractivity contribution in [1.82, 2.24) is 14.9 Å². The number of likely N-dealkylation sites (N-methyl/N-ethyl adjacent to an activating group) is 1. The average molecular weight is 539 g/mol. The smallest absolute Gasteiger partial charge is 0.416 e. The molecule has 1 heterocycles. The van der Waals surface area contributed by atoms with Gasteiger partial charge in [0.25, 0.3) is 0 Å². The molecular weight excluding hydrogens is 509 g/mol. The monoisotopic (exact) mass is 538 g/mol. The van der Waals surface area contributed by atoms with Crippen LogP contribution in [0.25, 0.3) is 10.9 Å². The second-order valence-corrected chi connectivity index (χ2v) is 9.28. The molecule has 4 rings (SSSR count). The fourth-order valence-corrected chi connectivity index (χ4v) is 4.08. The number of hydrogen-bond donors (Lipinski definition) is 3. The number of nitrogens with zero attached hydrogens (tertiary/aromatic N) is 3. The van der Waals surface area contributed by atoms with Gasteiger partial charge in [0, 0.05) is 54.7 Å². The van der Waals surface area contributed by atoms with Gasteiger partial charge in [0.2, 0.25) is 5.91 Å². The Bertz CT molecular complexity index is 1520. The number of alkyl halides is 3. The van der Waals surface area contributed by atoms with Gasteiger partial charge in [0.1, 0.15) is 17.4 Å². The number of fused-ring (bicyclic) bond motifs is 1. The number of carbonyl (C=O) groups is 1. The summed E-state index contributed by atoms with van der Waals surface area (Å²) in [6, 6.07) is 14.5. The molecule has 0 fully saturated rings. The van der Waals surface area contributed by atoms with Crippen LogP contribution in [0.1, 0.15) is 22.5 Å². The molecular formula is C28H29F3N6O2. The molecule has 0 bridgehead atoms. The van der Waals surface area contributed by atoms with Crippen LogP contribution >= 0.6 is 0 Å². The molecule has 3 aromatic carbocycles. The number of nitrogens with one attached hydrogen (secondary N) is 2. The first kappa shape index (κ1) is 27.5. The van der Waals surface area contributed by atoms with E-state index in [1.54, 1.807) is 28.1 Å². The largest absolute Gasteiger partial charge is 0.496 e. The zero-order valence-corrected chi connectivity index (χ0v) is 22.0. The maximum absolute atomic E-state index is 13.2. The molecule has 0 aliphatic carbocycles. The van der Waals surface area contributed by atoms with E-state index in [0.717, 1.165) is 29.1 Å². The predicted octanol–water partition coefficient (Wildman–Crippen LogP) is 5.53. The van der Waals surface area contributed by atoms with Gasteiger partial charge in [-0.25, -0.2) is 9.97 Å². The van der Waals surface area contributed by atoms with Crippen LogP contribution in [0, 0.1) is 6.92 Å². The van der Waals surface area contributed by atoms with E-state index in [4.69, 9.17) is 10.5 Å². The number of halogens is 3. The maximum Gasteiger partial charge on any atom is 0.416 e. The Hall–Kier alpha value is -4.54. The minimum atomic E-state index is -4.49. The molecule has 0 unspecified atom stereocenters. The summed E-state index contributed by atoms with van der Waals surface area (Å²) in [7, 11) is 4.95. The minimum Gasteiger partial charge on any atom is -0.496 e. The fourth-order valence-electron chi connectivity index (χ4n) is 4.08. The zero-order valence-electron chi connectivity index (χ0n) is 22.0. The number of amides is 1. The molecule has 8 nitrogen and oxygen atoms in total. The van der Waals surface area contributed by atoms with Crippen LogP contribution in [0.2, 0.25) is 0 Å². The Labute approximate surface area is 224 Å². The summed E-state index contributed by atoms with van der Waals surface area (Å²) in [6.07, 6.45) is -4.28. The van der Waals surface area contributed by atoms with E-state index in [1.807, 2.05) is 36.4 Å². The van der Waals surface area contributed by atoms with Crippen molar-refractivity contribution in [3.8, 4) is 5.75 Å². The van der Waals surface area contributed by atoms with Gasteiger partial charge < -0.3 is 26.0 Å². The molecule has 204 valence electrons. The first-order valence-corrected chi connectivity index (χ1v) is 12.1. The van der Waals surface area contributed by atoms with Crippen LogP contribution in [0.4, 0.5) is 36.1 Å². The second-order valence-electron chi connectivity index (χ2n) is 9.28. The van der Waals surface area contributed by atoms with Crippen molar-refractivity contribution >= 4 is 39.7 Å². The second kappa shape index (κ2) is 11.1. The number of aryl methyl sites for hydroxylation is 1. The van der Waals surface area contributed by atoms with Crippen LogP contribution < -0.4 is 21.1 Å². The summed E-state index contributed by atoms with van der Waals surface area (Å²) >= 11 is 0. The van der Waals surface area contributed by atoms with Crippen molar-refractivity contribution in [2.45, 2.75) is 26.1 Å². The van der Waals surface area contributed by atoms with E-state index < -0.39 is 11.7 Å². The van der Waals surface area contributed by atoms with Gasteiger partial charge in [-0.05, 0) is 55.0 Å². The highest BCUT2D eigenvalue weighted by atomic mass is 19.4. The number of aromatic nitrogens is 2. The summed E-state index contributed by atoms with van der Waals surface area (Å²) < 4.78 is 45.2. The van der Waals surface area contributed by atoms with Gasteiger partial charge in [-0.2, -0.15) is 13.2 Å². The SMILES string of the molecule is COc1cc(Nc2ccc3nc(C)nc(NCc4cc(N)cc(C(F)(F)F)c4)c3c2)ccc1CC(=O)N(C)C. The van der Waals surface area contributed by atoms with E-state index >= 15 is 0 Å². The summed E-state index contributed by atoms with van der Waals surface area (Å²) in [5, 5.41) is 7.14. The molecule has 0 aliphatic rings. The van der Waals surface area contributed by atoms with Crippen molar-refractivity contribution in [3.05, 3.63) is 77.1 Å². The summed E-state index contributed by atoms with van der Waals surface area (Å²) in [5.74, 6) is 1.54. The van der Waals surface area contributed by atoms with Gasteiger partial charge in [-0.3, -0.25) is 4.79 Å². The molecule has 1 amide bonds. The number of carbonyl (C=O) groups excluding carboxylic acids is 1. The molecule has 0 spiro atoms. The number of anilines is 4. The third-order valence-corrected chi connectivity index (χ3v) is 6.03. The number of rotatable bonds is 8. The van der Waals surface area contributed by atoms with E-state index in [9.17, 15) is 18.0 Å². The Morgan fingerprint density at radius 1 is 1.03 bits per heavy atom. The lowest BCUT2D eigenvalue weighted by Gasteiger charge is -2.15. The highest BCUT2D eigenvalue weighted by Crippen LogP contribution is 2.32. The molecule has 0 atom stereocenters. The molecule has 4 aromatic rings. The highest BCUT2D eigenvalue weighted by molar-refractivity contribution is 5.92. The Kier molecular flexibility index (Phi) is 7.80. The van der Waals surface area contributed by atoms with E-state index in [2.05, 4.69) is 20.6 Å². The van der Waals surface area contributed by atoms with Gasteiger partial charge in [0.05, 0.1) is 24.6 Å². The standard InChI is InChI=1S/C28H29F3N6O2/c1-16-34-24-8-7-21(36-22-6-5-18(25(14-22)39-4)11-26(38)37(2)3)13-23(24)27(35-16)33-15-17-9-19(28(29,30)31)12-20(32)10-17/h5-10,12-14,36H,11,15,32H2,1-4H3,(H,33,34,35). The molecule has 1 aromatic heterocycles. The van der Waals surface area contributed by atoms with Crippen LogP contribution in [0.15, 0.2) is 54.6 Å². The fraction of sp³-hybridized carbons (Fsp3) is 0.250. The van der Waals surface area contributed by atoms with Gasteiger partial charge >= 0.3 is 6.18 Å². The van der Waals surface area contributed by atoms with Crippen molar-refractivity contribution in [3.63, 3.8) is 0 Å². The molecule has 0 radical (unpaired) electrons. The molecule has 39 heavy (non-hydrogen) atoms. The van der Waals surface area contributed by atoms with Gasteiger partial charge in [-0.15, -0.1) is 0 Å². The lowest BCUT2D eigenvalue weighted by molar-refractivity contribution is -0.137. The molecule has 4 N–H and O–H groups in total. The van der Waals surface area contributed by atoms with E-state index in [1.165, 1.54) is 11.0 Å².